The van der Waals surface area contributed by atoms with Gasteiger partial charge in [-0.2, -0.15) is 0 Å². The average Bonchev–Trinajstić information content (AvgIpc) is 2.70. The largest absolute Gasteiger partial charge is 0.493 e. The fourth-order valence-electron chi connectivity index (χ4n) is 2.77. The molecule has 3 nitrogen and oxygen atoms in total. The minimum atomic E-state index is -0.271. The van der Waals surface area contributed by atoms with Crippen LogP contribution in [-0.4, -0.2) is 7.11 Å². The highest BCUT2D eigenvalue weighted by molar-refractivity contribution is 6.31. The van der Waals surface area contributed by atoms with Crippen LogP contribution in [0.15, 0.2) is 60.7 Å². The van der Waals surface area contributed by atoms with Crippen LogP contribution in [0.2, 0.25) is 5.02 Å². The van der Waals surface area contributed by atoms with E-state index in [1.54, 1.807) is 25.3 Å². The van der Waals surface area contributed by atoms with Crippen LogP contribution in [-0.2, 0) is 19.7 Å². The van der Waals surface area contributed by atoms with E-state index in [2.05, 4.69) is 36.5 Å². The van der Waals surface area contributed by atoms with E-state index in [1.807, 2.05) is 6.07 Å². The van der Waals surface area contributed by atoms with Gasteiger partial charge in [0.1, 0.15) is 12.4 Å². The van der Waals surface area contributed by atoms with Crippen molar-refractivity contribution < 1.29 is 13.9 Å². The first-order valence-corrected chi connectivity index (χ1v) is 9.43. The van der Waals surface area contributed by atoms with Crippen LogP contribution in [0, 0.1) is 12.7 Å². The normalized spacial score (nSPS) is 10.7. The second-order valence-corrected chi connectivity index (χ2v) is 7.01. The Bertz CT molecular complexity index is 911. The molecular formula is C23H23ClFNO2. The Kier molecular flexibility index (Phi) is 6.90. The third-order valence-corrected chi connectivity index (χ3v) is 4.76. The van der Waals surface area contributed by atoms with Crippen LogP contribution in [0.1, 0.15) is 22.3 Å². The van der Waals surface area contributed by atoms with Gasteiger partial charge in [0.2, 0.25) is 0 Å². The molecular weight excluding hydrogens is 377 g/mol. The van der Waals surface area contributed by atoms with Crippen molar-refractivity contribution >= 4 is 11.6 Å². The molecule has 0 heterocycles. The number of aryl methyl sites for hydroxylation is 1. The fourth-order valence-corrected chi connectivity index (χ4v) is 2.99. The van der Waals surface area contributed by atoms with Gasteiger partial charge in [-0.05, 0) is 41.8 Å². The Labute approximate surface area is 170 Å². The topological polar surface area (TPSA) is 30.5 Å². The van der Waals surface area contributed by atoms with Gasteiger partial charge in [0.05, 0.1) is 7.11 Å². The highest BCUT2D eigenvalue weighted by Gasteiger charge is 2.11. The first-order valence-electron chi connectivity index (χ1n) is 9.05. The molecule has 5 heteroatoms. The lowest BCUT2D eigenvalue weighted by atomic mass is 10.1. The standard InChI is InChI=1S/C23H23ClFNO2/c1-16-3-5-17(6-4-16)13-26-14-19-11-22(27-2)23(12-21(19)24)28-15-18-7-9-20(25)10-8-18/h3-12,26H,13-15H2,1-2H3. The molecule has 0 aliphatic heterocycles. The van der Waals surface area contributed by atoms with Crippen LogP contribution in [0.3, 0.4) is 0 Å². The van der Waals surface area contributed by atoms with Gasteiger partial charge in [0.25, 0.3) is 0 Å². The summed E-state index contributed by atoms with van der Waals surface area (Å²) in [5, 5.41) is 4.00. The second kappa shape index (κ2) is 9.58. The van der Waals surface area contributed by atoms with Crippen molar-refractivity contribution in [2.75, 3.05) is 7.11 Å². The highest BCUT2D eigenvalue weighted by atomic mass is 35.5. The first-order chi connectivity index (χ1) is 13.5. The molecule has 146 valence electrons. The molecule has 3 aromatic carbocycles. The molecule has 0 spiro atoms. The van der Waals surface area contributed by atoms with Crippen molar-refractivity contribution in [1.82, 2.24) is 5.32 Å². The van der Waals surface area contributed by atoms with E-state index in [9.17, 15) is 4.39 Å². The predicted molar refractivity (Wildman–Crippen MR) is 110 cm³/mol. The van der Waals surface area contributed by atoms with Crippen LogP contribution < -0.4 is 14.8 Å². The SMILES string of the molecule is COc1cc(CNCc2ccc(C)cc2)c(Cl)cc1OCc1ccc(F)cc1. The summed E-state index contributed by atoms with van der Waals surface area (Å²) in [5.74, 6) is 0.893. The molecule has 3 aromatic rings. The van der Waals surface area contributed by atoms with E-state index in [4.69, 9.17) is 21.1 Å². The second-order valence-electron chi connectivity index (χ2n) is 6.60. The van der Waals surface area contributed by atoms with Crippen molar-refractivity contribution in [3.8, 4) is 11.5 Å². The lowest BCUT2D eigenvalue weighted by Gasteiger charge is -2.14. The molecule has 0 amide bonds. The molecule has 0 unspecified atom stereocenters. The molecule has 0 fully saturated rings. The fraction of sp³-hybridized carbons (Fsp3) is 0.217. The van der Waals surface area contributed by atoms with Gasteiger partial charge in [-0.25, -0.2) is 4.39 Å². The molecule has 1 N–H and O–H groups in total. The number of methoxy groups -OCH3 is 1. The average molecular weight is 400 g/mol. The molecule has 3 rings (SSSR count). The molecule has 0 aliphatic rings. The van der Waals surface area contributed by atoms with E-state index >= 15 is 0 Å². The summed E-state index contributed by atoms with van der Waals surface area (Å²) in [6, 6.07) is 18.2. The maximum absolute atomic E-state index is 13.0. The summed E-state index contributed by atoms with van der Waals surface area (Å²) >= 11 is 6.44. The minimum Gasteiger partial charge on any atom is -0.493 e. The molecule has 0 bridgehead atoms. The molecule has 0 aromatic heterocycles. The van der Waals surface area contributed by atoms with Crippen molar-refractivity contribution in [2.24, 2.45) is 0 Å². The Balaban J connectivity index is 1.63. The van der Waals surface area contributed by atoms with Crippen molar-refractivity contribution in [2.45, 2.75) is 26.6 Å². The zero-order chi connectivity index (χ0) is 19.9. The number of nitrogens with one attached hydrogen (secondary N) is 1. The van der Waals surface area contributed by atoms with Crippen LogP contribution in [0.5, 0.6) is 11.5 Å². The quantitative estimate of drug-likeness (QED) is 0.529. The van der Waals surface area contributed by atoms with E-state index < -0.39 is 0 Å². The number of rotatable bonds is 8. The zero-order valence-electron chi connectivity index (χ0n) is 16.0. The van der Waals surface area contributed by atoms with Gasteiger partial charge in [-0.3, -0.25) is 0 Å². The first kappa shape index (κ1) is 20.2. The van der Waals surface area contributed by atoms with Crippen molar-refractivity contribution in [3.63, 3.8) is 0 Å². The van der Waals surface area contributed by atoms with Crippen molar-refractivity contribution in [1.29, 1.82) is 0 Å². The Morgan fingerprint density at radius 1 is 0.893 bits per heavy atom. The van der Waals surface area contributed by atoms with Gasteiger partial charge in [0, 0.05) is 24.2 Å². The van der Waals surface area contributed by atoms with E-state index in [1.165, 1.54) is 23.3 Å². The highest BCUT2D eigenvalue weighted by Crippen LogP contribution is 2.34. The third-order valence-electron chi connectivity index (χ3n) is 4.41. The molecule has 0 atom stereocenters. The zero-order valence-corrected chi connectivity index (χ0v) is 16.7. The Hall–Kier alpha value is -2.56. The summed E-state index contributed by atoms with van der Waals surface area (Å²) < 4.78 is 24.3. The number of halogens is 2. The summed E-state index contributed by atoms with van der Waals surface area (Å²) in [5.41, 5.74) is 4.25. The number of benzene rings is 3. The van der Waals surface area contributed by atoms with Gasteiger partial charge in [0.15, 0.2) is 11.5 Å². The number of ether oxygens (including phenoxy) is 2. The van der Waals surface area contributed by atoms with Crippen molar-refractivity contribution in [3.05, 3.63) is 93.8 Å². The van der Waals surface area contributed by atoms with E-state index in [0.29, 0.717) is 29.7 Å². The summed E-state index contributed by atoms with van der Waals surface area (Å²) in [4.78, 5) is 0. The van der Waals surface area contributed by atoms with Gasteiger partial charge in [-0.15, -0.1) is 0 Å². The van der Waals surface area contributed by atoms with Gasteiger partial charge < -0.3 is 14.8 Å². The maximum atomic E-state index is 13.0. The lowest BCUT2D eigenvalue weighted by molar-refractivity contribution is 0.284. The molecule has 0 aliphatic carbocycles. The van der Waals surface area contributed by atoms with Gasteiger partial charge in [-0.1, -0.05) is 53.6 Å². The van der Waals surface area contributed by atoms with E-state index in [-0.39, 0.29) is 5.82 Å². The summed E-state index contributed by atoms with van der Waals surface area (Å²) in [7, 11) is 1.59. The molecule has 0 saturated heterocycles. The monoisotopic (exact) mass is 399 g/mol. The number of hydrogen-bond acceptors (Lipinski definition) is 3. The summed E-state index contributed by atoms with van der Waals surface area (Å²) in [6.07, 6.45) is 0. The Morgan fingerprint density at radius 2 is 1.57 bits per heavy atom. The molecule has 28 heavy (non-hydrogen) atoms. The third kappa shape index (κ3) is 5.47. The lowest BCUT2D eigenvalue weighted by Crippen LogP contribution is -2.13. The smallest absolute Gasteiger partial charge is 0.163 e. The summed E-state index contributed by atoms with van der Waals surface area (Å²) in [6.45, 7) is 3.74. The van der Waals surface area contributed by atoms with Crippen LogP contribution in [0.4, 0.5) is 4.39 Å². The van der Waals surface area contributed by atoms with E-state index in [0.717, 1.165) is 17.7 Å². The minimum absolute atomic E-state index is 0.271. The molecule has 0 radical (unpaired) electrons. The van der Waals surface area contributed by atoms with Crippen LogP contribution in [0.25, 0.3) is 0 Å². The van der Waals surface area contributed by atoms with Gasteiger partial charge >= 0.3 is 0 Å². The maximum Gasteiger partial charge on any atom is 0.163 e. The predicted octanol–water partition coefficient (Wildman–Crippen LogP) is 5.66. The molecule has 0 saturated carbocycles. The number of hydrogen-bond donors (Lipinski definition) is 1. The van der Waals surface area contributed by atoms with Crippen LogP contribution >= 0.6 is 11.6 Å². The Morgan fingerprint density at radius 3 is 2.25 bits per heavy atom.